The third kappa shape index (κ3) is 2.03. The summed E-state index contributed by atoms with van der Waals surface area (Å²) in [5.74, 6) is 0.290. The van der Waals surface area contributed by atoms with Crippen molar-refractivity contribution in [1.29, 1.82) is 0 Å². The maximum atomic E-state index is 11.5. The van der Waals surface area contributed by atoms with Gasteiger partial charge in [0.25, 0.3) is 0 Å². The molecule has 0 aliphatic heterocycles. The number of rotatable bonds is 3. The second-order valence-electron chi connectivity index (χ2n) is 3.08. The van der Waals surface area contributed by atoms with Crippen molar-refractivity contribution >= 4 is 11.7 Å². The topological polar surface area (TPSA) is 47.6 Å². The van der Waals surface area contributed by atoms with Crippen molar-refractivity contribution in [3.05, 3.63) is 23.3 Å². The third-order valence-corrected chi connectivity index (χ3v) is 2.21. The lowest BCUT2D eigenvalue weighted by Gasteiger charge is -2.14. The van der Waals surface area contributed by atoms with Crippen LogP contribution < -0.4 is 10.1 Å². The summed E-state index contributed by atoms with van der Waals surface area (Å²) in [5.41, 5.74) is 2.10. The van der Waals surface area contributed by atoms with Crippen molar-refractivity contribution in [1.82, 2.24) is 0 Å². The van der Waals surface area contributed by atoms with Crippen molar-refractivity contribution in [2.24, 2.45) is 0 Å². The van der Waals surface area contributed by atoms with Gasteiger partial charge in [-0.15, -0.1) is 0 Å². The summed E-state index contributed by atoms with van der Waals surface area (Å²) < 4.78 is 9.92. The highest BCUT2D eigenvalue weighted by atomic mass is 16.5. The van der Waals surface area contributed by atoms with Crippen LogP contribution in [0, 0.1) is 6.92 Å². The number of aryl methyl sites for hydroxylation is 1. The van der Waals surface area contributed by atoms with Gasteiger partial charge in [0.2, 0.25) is 0 Å². The fraction of sp³-hybridized carbons (Fsp3) is 0.364. The van der Waals surface area contributed by atoms with Gasteiger partial charge in [0.15, 0.2) is 0 Å². The molecule has 4 nitrogen and oxygen atoms in total. The van der Waals surface area contributed by atoms with Gasteiger partial charge >= 0.3 is 5.97 Å². The van der Waals surface area contributed by atoms with Gasteiger partial charge < -0.3 is 14.8 Å². The maximum absolute atomic E-state index is 11.5. The van der Waals surface area contributed by atoms with Crippen molar-refractivity contribution in [2.45, 2.75) is 6.92 Å². The molecule has 0 bridgehead atoms. The molecule has 0 heterocycles. The van der Waals surface area contributed by atoms with E-state index in [-0.39, 0.29) is 5.97 Å². The molecule has 0 saturated heterocycles. The first-order chi connectivity index (χ1) is 7.15. The summed E-state index contributed by atoms with van der Waals surface area (Å²) in [6.07, 6.45) is 0. The summed E-state index contributed by atoms with van der Waals surface area (Å²) in [6, 6.07) is 3.54. The molecule has 15 heavy (non-hydrogen) atoms. The smallest absolute Gasteiger partial charge is 0.340 e. The number of carbonyl (C=O) groups excluding carboxylic acids is 1. The fourth-order valence-electron chi connectivity index (χ4n) is 1.48. The zero-order chi connectivity index (χ0) is 11.4. The van der Waals surface area contributed by atoms with Crippen LogP contribution in [0.4, 0.5) is 5.69 Å². The Labute approximate surface area is 89.2 Å². The Morgan fingerprint density at radius 3 is 2.47 bits per heavy atom. The van der Waals surface area contributed by atoms with Gasteiger partial charge in [-0.05, 0) is 18.6 Å². The van der Waals surface area contributed by atoms with Gasteiger partial charge in [0.1, 0.15) is 5.75 Å². The highest BCUT2D eigenvalue weighted by Crippen LogP contribution is 2.31. The average molecular weight is 209 g/mol. The molecule has 0 atom stereocenters. The third-order valence-electron chi connectivity index (χ3n) is 2.21. The fourth-order valence-corrected chi connectivity index (χ4v) is 1.48. The zero-order valence-electron chi connectivity index (χ0n) is 9.38. The molecule has 1 aromatic carbocycles. The van der Waals surface area contributed by atoms with E-state index in [1.807, 2.05) is 13.0 Å². The van der Waals surface area contributed by atoms with Gasteiger partial charge in [-0.1, -0.05) is 6.07 Å². The number of ether oxygens (including phenoxy) is 2. The number of nitrogens with one attached hydrogen (secondary N) is 1. The molecule has 82 valence electrons. The Hall–Kier alpha value is -1.71. The van der Waals surface area contributed by atoms with E-state index in [0.717, 1.165) is 5.56 Å². The minimum absolute atomic E-state index is 0.377. The Morgan fingerprint density at radius 2 is 2.00 bits per heavy atom. The van der Waals surface area contributed by atoms with Crippen LogP contribution in [0.2, 0.25) is 0 Å². The summed E-state index contributed by atoms with van der Waals surface area (Å²) in [7, 11) is 4.67. The van der Waals surface area contributed by atoms with Gasteiger partial charge in [-0.25, -0.2) is 4.79 Å². The summed E-state index contributed by atoms with van der Waals surface area (Å²) in [6.45, 7) is 1.92. The summed E-state index contributed by atoms with van der Waals surface area (Å²) in [5, 5.41) is 2.95. The Bertz CT molecular complexity index is 374. The number of methoxy groups -OCH3 is 2. The zero-order valence-corrected chi connectivity index (χ0v) is 9.38. The molecule has 1 aromatic rings. The molecule has 0 fully saturated rings. The van der Waals surface area contributed by atoms with Crippen LogP contribution in [-0.4, -0.2) is 27.2 Å². The molecule has 0 aliphatic rings. The quantitative estimate of drug-likeness (QED) is 0.771. The average Bonchev–Trinajstić information content (AvgIpc) is 2.27. The molecule has 0 aromatic heterocycles. The normalized spacial score (nSPS) is 9.60. The van der Waals surface area contributed by atoms with E-state index >= 15 is 0 Å². The molecule has 4 heteroatoms. The van der Waals surface area contributed by atoms with E-state index in [1.54, 1.807) is 20.2 Å². The number of hydrogen-bond donors (Lipinski definition) is 1. The lowest BCUT2D eigenvalue weighted by atomic mass is 10.1. The minimum Gasteiger partial charge on any atom is -0.494 e. The molecule has 0 spiro atoms. The first-order valence-electron chi connectivity index (χ1n) is 4.59. The van der Waals surface area contributed by atoms with Crippen molar-refractivity contribution in [2.75, 3.05) is 26.6 Å². The number of anilines is 1. The van der Waals surface area contributed by atoms with Gasteiger partial charge in [-0.3, -0.25) is 0 Å². The summed E-state index contributed by atoms with van der Waals surface area (Å²) in [4.78, 5) is 11.5. The van der Waals surface area contributed by atoms with E-state index in [2.05, 4.69) is 10.1 Å². The molecule has 0 saturated carbocycles. The largest absolute Gasteiger partial charge is 0.494 e. The van der Waals surface area contributed by atoms with E-state index in [9.17, 15) is 4.79 Å². The first-order valence-corrected chi connectivity index (χ1v) is 4.59. The highest BCUT2D eigenvalue weighted by molar-refractivity contribution is 5.97. The van der Waals surface area contributed by atoms with E-state index in [4.69, 9.17) is 4.74 Å². The molecular formula is C11H15NO3. The van der Waals surface area contributed by atoms with Gasteiger partial charge in [0.05, 0.1) is 25.5 Å². The highest BCUT2D eigenvalue weighted by Gasteiger charge is 2.16. The standard InChI is InChI=1S/C11H15NO3/c1-7-5-6-8(11(13)15-4)9(12-2)10(7)14-3/h5-6,12H,1-4H3. The van der Waals surface area contributed by atoms with Crippen molar-refractivity contribution in [3.63, 3.8) is 0 Å². The molecule has 0 radical (unpaired) electrons. The second-order valence-corrected chi connectivity index (χ2v) is 3.08. The molecule has 1 rings (SSSR count). The van der Waals surface area contributed by atoms with Crippen molar-refractivity contribution < 1.29 is 14.3 Å². The van der Waals surface area contributed by atoms with E-state index in [0.29, 0.717) is 17.0 Å². The maximum Gasteiger partial charge on any atom is 0.340 e. The lowest BCUT2D eigenvalue weighted by molar-refractivity contribution is 0.0601. The van der Waals surface area contributed by atoms with E-state index < -0.39 is 0 Å². The second kappa shape index (κ2) is 4.68. The van der Waals surface area contributed by atoms with Crippen LogP contribution in [0.3, 0.4) is 0 Å². The Balaban J connectivity index is 3.35. The molecule has 0 aliphatic carbocycles. The lowest BCUT2D eigenvalue weighted by Crippen LogP contribution is -2.07. The van der Waals surface area contributed by atoms with Crippen molar-refractivity contribution in [3.8, 4) is 5.75 Å². The number of esters is 1. The number of benzene rings is 1. The van der Waals surface area contributed by atoms with Gasteiger partial charge in [-0.2, -0.15) is 0 Å². The predicted octanol–water partition coefficient (Wildman–Crippen LogP) is 1.83. The minimum atomic E-state index is -0.377. The monoisotopic (exact) mass is 209 g/mol. The van der Waals surface area contributed by atoms with Crippen LogP contribution in [0.15, 0.2) is 12.1 Å². The van der Waals surface area contributed by atoms with Crippen LogP contribution in [0.25, 0.3) is 0 Å². The van der Waals surface area contributed by atoms with Crippen LogP contribution >= 0.6 is 0 Å². The van der Waals surface area contributed by atoms with Gasteiger partial charge in [0, 0.05) is 7.05 Å². The molecule has 0 amide bonds. The SMILES string of the molecule is CNc1c(C(=O)OC)ccc(C)c1OC. The van der Waals surface area contributed by atoms with Crippen LogP contribution in [0.1, 0.15) is 15.9 Å². The predicted molar refractivity (Wildman–Crippen MR) is 58.6 cm³/mol. The summed E-state index contributed by atoms with van der Waals surface area (Å²) >= 11 is 0. The Morgan fingerprint density at radius 1 is 1.33 bits per heavy atom. The number of carbonyl (C=O) groups is 1. The Kier molecular flexibility index (Phi) is 3.55. The number of hydrogen-bond acceptors (Lipinski definition) is 4. The molecular weight excluding hydrogens is 194 g/mol. The van der Waals surface area contributed by atoms with E-state index in [1.165, 1.54) is 7.11 Å². The molecule has 0 unspecified atom stereocenters. The van der Waals surface area contributed by atoms with Crippen LogP contribution in [-0.2, 0) is 4.74 Å². The first kappa shape index (κ1) is 11.4. The molecule has 1 N–H and O–H groups in total. The van der Waals surface area contributed by atoms with Crippen LogP contribution in [0.5, 0.6) is 5.75 Å².